The van der Waals surface area contributed by atoms with Gasteiger partial charge in [0, 0.05) is 28.1 Å². The van der Waals surface area contributed by atoms with Crippen LogP contribution in [0.3, 0.4) is 0 Å². The molecule has 5 nitrogen and oxygen atoms in total. The Balaban J connectivity index is 1.79. The van der Waals surface area contributed by atoms with Crippen molar-refractivity contribution in [2.75, 3.05) is 0 Å². The molecule has 0 fully saturated rings. The predicted octanol–water partition coefficient (Wildman–Crippen LogP) is 6.41. The highest BCUT2D eigenvalue weighted by Gasteiger charge is 2.81. The second-order valence-corrected chi connectivity index (χ2v) is 10.4. The van der Waals surface area contributed by atoms with Crippen molar-refractivity contribution in [3.8, 4) is 21.4 Å². The number of hydrogen-bond donors (Lipinski definition) is 0. The van der Waals surface area contributed by atoms with E-state index in [0.29, 0.717) is 4.73 Å². The summed E-state index contributed by atoms with van der Waals surface area (Å²) in [5.74, 6) is -16.3. The first-order valence-corrected chi connectivity index (χ1v) is 12.0. The van der Waals surface area contributed by atoms with E-state index in [4.69, 9.17) is 0 Å². The summed E-state index contributed by atoms with van der Waals surface area (Å²) in [6, 6.07) is 9.02. The zero-order valence-corrected chi connectivity index (χ0v) is 20.0. The van der Waals surface area contributed by atoms with Crippen molar-refractivity contribution in [2.45, 2.75) is 31.6 Å². The van der Waals surface area contributed by atoms with E-state index < -0.39 is 40.3 Å². The molecule has 4 aromatic heterocycles. The van der Waals surface area contributed by atoms with E-state index in [2.05, 4.69) is 15.0 Å². The number of thiazole rings is 2. The minimum atomic E-state index is -5.74. The van der Waals surface area contributed by atoms with Crippen molar-refractivity contribution < 1.29 is 31.1 Å². The standard InChI is InChI=1S/C23H14F6N4OS2/c1-11-17(31-19(35-11)13-7-3-5-9-30-13)15-16(22(26,27)23(28,29)21(15,24)25)18-12(2)36-20(32-18)14-8-4-6-10-33(14)34/h3-10H,1-2H3. The van der Waals surface area contributed by atoms with E-state index in [1.807, 2.05) is 0 Å². The van der Waals surface area contributed by atoms with Crippen LogP contribution in [0, 0.1) is 19.1 Å². The van der Waals surface area contributed by atoms with Gasteiger partial charge in [0.25, 0.3) is 5.69 Å². The second kappa shape index (κ2) is 8.10. The van der Waals surface area contributed by atoms with E-state index in [1.54, 1.807) is 12.1 Å². The SMILES string of the molecule is Cc1sc(-c2ccccn2)nc1C1=C(c2nc(-c3cccc[n+]3[O-])sc2C)C(F)(F)C(F)(F)C1(F)F. The fourth-order valence-electron chi connectivity index (χ4n) is 3.92. The van der Waals surface area contributed by atoms with Crippen LogP contribution < -0.4 is 4.73 Å². The van der Waals surface area contributed by atoms with Crippen molar-refractivity contribution in [2.24, 2.45) is 0 Å². The first kappa shape index (κ1) is 24.4. The lowest BCUT2D eigenvalue weighted by atomic mass is 10.0. The molecule has 1 aliphatic rings. The number of rotatable bonds is 4. The second-order valence-electron chi connectivity index (χ2n) is 7.95. The highest BCUT2D eigenvalue weighted by Crippen LogP contribution is 2.65. The molecule has 0 atom stereocenters. The summed E-state index contributed by atoms with van der Waals surface area (Å²) in [5.41, 5.74) is -4.37. The van der Waals surface area contributed by atoms with Gasteiger partial charge in [0.2, 0.25) is 0 Å². The van der Waals surface area contributed by atoms with Gasteiger partial charge in [-0.1, -0.05) is 6.07 Å². The van der Waals surface area contributed by atoms with Crippen LogP contribution in [0.2, 0.25) is 0 Å². The lowest BCUT2D eigenvalue weighted by Gasteiger charge is -2.25. The smallest absolute Gasteiger partial charge is 0.380 e. The van der Waals surface area contributed by atoms with Gasteiger partial charge in [-0.15, -0.1) is 22.7 Å². The molecule has 0 unspecified atom stereocenters. The Kier molecular flexibility index (Phi) is 5.48. The first-order valence-electron chi connectivity index (χ1n) is 10.3. The minimum Gasteiger partial charge on any atom is -0.618 e. The monoisotopic (exact) mass is 540 g/mol. The largest absolute Gasteiger partial charge is 0.618 e. The molecule has 0 N–H and O–H groups in total. The van der Waals surface area contributed by atoms with Crippen molar-refractivity contribution in [1.82, 2.24) is 15.0 Å². The van der Waals surface area contributed by atoms with Gasteiger partial charge >= 0.3 is 17.8 Å². The Bertz CT molecular complexity index is 1510. The quantitative estimate of drug-likeness (QED) is 0.171. The average molecular weight is 541 g/mol. The van der Waals surface area contributed by atoms with Gasteiger partial charge in [0.1, 0.15) is 5.01 Å². The summed E-state index contributed by atoms with van der Waals surface area (Å²) in [4.78, 5) is 12.1. The third kappa shape index (κ3) is 3.36. The Labute approximate surface area is 208 Å². The van der Waals surface area contributed by atoms with Crippen molar-refractivity contribution in [1.29, 1.82) is 0 Å². The third-order valence-electron chi connectivity index (χ3n) is 5.66. The van der Waals surface area contributed by atoms with E-state index in [9.17, 15) is 14.0 Å². The number of alkyl halides is 6. The topological polar surface area (TPSA) is 65.6 Å². The molecule has 4 heterocycles. The van der Waals surface area contributed by atoms with Gasteiger partial charge in [0.05, 0.1) is 28.2 Å². The summed E-state index contributed by atoms with van der Waals surface area (Å²) in [5, 5.41) is 12.2. The molecule has 0 spiro atoms. The van der Waals surface area contributed by atoms with Crippen LogP contribution in [0.1, 0.15) is 21.1 Å². The molecular formula is C23H14F6N4OS2. The van der Waals surface area contributed by atoms with Crippen LogP contribution in [0.15, 0.2) is 48.8 Å². The molecule has 0 amide bonds. The molecule has 13 heteroatoms. The van der Waals surface area contributed by atoms with Gasteiger partial charge in [-0.3, -0.25) is 4.98 Å². The Morgan fingerprint density at radius 3 is 1.89 bits per heavy atom. The third-order valence-corrected chi connectivity index (χ3v) is 7.65. The fourth-order valence-corrected chi connectivity index (χ4v) is 5.75. The van der Waals surface area contributed by atoms with Crippen molar-refractivity contribution in [3.05, 3.63) is 75.1 Å². The maximum absolute atomic E-state index is 15.2. The number of halogens is 6. The first-order chi connectivity index (χ1) is 16.9. The van der Waals surface area contributed by atoms with Crippen LogP contribution in [-0.2, 0) is 0 Å². The fraction of sp³-hybridized carbons (Fsp3) is 0.217. The zero-order valence-electron chi connectivity index (χ0n) is 18.4. The maximum atomic E-state index is 15.2. The average Bonchev–Trinajstić information content (AvgIpc) is 3.42. The summed E-state index contributed by atoms with van der Waals surface area (Å²) in [7, 11) is 0. The van der Waals surface area contributed by atoms with Crippen molar-refractivity contribution in [3.63, 3.8) is 0 Å². The molecule has 5 rings (SSSR count). The van der Waals surface area contributed by atoms with E-state index in [0.717, 1.165) is 28.9 Å². The van der Waals surface area contributed by atoms with Gasteiger partial charge in [-0.05, 0) is 32.0 Å². The number of pyridine rings is 2. The van der Waals surface area contributed by atoms with E-state index >= 15 is 17.6 Å². The zero-order chi connectivity index (χ0) is 26.0. The highest BCUT2D eigenvalue weighted by atomic mass is 32.1. The van der Waals surface area contributed by atoms with Crippen molar-refractivity contribution >= 4 is 33.8 Å². The lowest BCUT2D eigenvalue weighted by molar-refractivity contribution is -0.593. The minimum absolute atomic E-state index is 0.0323. The van der Waals surface area contributed by atoms with Crippen LogP contribution in [0.5, 0.6) is 0 Å². The summed E-state index contributed by atoms with van der Waals surface area (Å²) >= 11 is 1.62. The van der Waals surface area contributed by atoms with E-state index in [-0.39, 0.29) is 31.2 Å². The van der Waals surface area contributed by atoms with Crippen LogP contribution >= 0.6 is 22.7 Å². The number of nitrogens with zero attached hydrogens (tertiary/aromatic N) is 4. The molecule has 0 radical (unpaired) electrons. The molecule has 0 aromatic carbocycles. The highest BCUT2D eigenvalue weighted by molar-refractivity contribution is 7.15. The van der Waals surface area contributed by atoms with Crippen LogP contribution in [-0.4, -0.2) is 32.7 Å². The van der Waals surface area contributed by atoms with E-state index in [1.165, 1.54) is 44.3 Å². The Hall–Kier alpha value is -3.32. The molecule has 0 saturated heterocycles. The summed E-state index contributed by atoms with van der Waals surface area (Å²) < 4.78 is 90.6. The normalized spacial score (nSPS) is 18.1. The van der Waals surface area contributed by atoms with Crippen LogP contribution in [0.25, 0.3) is 32.5 Å². The Morgan fingerprint density at radius 1 is 0.778 bits per heavy atom. The molecule has 186 valence electrons. The molecule has 0 saturated carbocycles. The molecule has 0 aliphatic heterocycles. The molecule has 4 aromatic rings. The Morgan fingerprint density at radius 2 is 1.33 bits per heavy atom. The number of aryl methyl sites for hydroxylation is 2. The number of hydrogen-bond acceptors (Lipinski definition) is 6. The van der Waals surface area contributed by atoms with Gasteiger partial charge in [-0.2, -0.15) is 31.1 Å². The van der Waals surface area contributed by atoms with Crippen LogP contribution in [0.4, 0.5) is 26.3 Å². The maximum Gasteiger partial charge on any atom is 0.380 e. The van der Waals surface area contributed by atoms with Gasteiger partial charge < -0.3 is 5.21 Å². The molecule has 36 heavy (non-hydrogen) atoms. The van der Waals surface area contributed by atoms with Gasteiger partial charge in [0.15, 0.2) is 11.2 Å². The van der Waals surface area contributed by atoms with Gasteiger partial charge in [-0.25, -0.2) is 9.97 Å². The molecular weight excluding hydrogens is 526 g/mol. The predicted molar refractivity (Wildman–Crippen MR) is 123 cm³/mol. The summed E-state index contributed by atoms with van der Waals surface area (Å²) in [6.45, 7) is 2.62. The summed E-state index contributed by atoms with van der Waals surface area (Å²) in [6.07, 6.45) is 2.57. The number of aromatic nitrogens is 4. The molecule has 1 aliphatic carbocycles. The molecule has 0 bridgehead atoms. The number of allylic oxidation sites excluding steroid dienone is 2. The lowest BCUT2D eigenvalue weighted by Crippen LogP contribution is -2.49.